The maximum Gasteiger partial charge on any atom is 0.371 e. The standard InChI is InChI=1S/C16H17NO3/c1-10-7-12-5-3-4-6-14(12)17(10)9-13-8-15(16(18)19)20-11(13)2/h3-6,8,10H,7,9H2,1-2H3,(H,18,19). The number of para-hydroxylation sites is 1. The fourth-order valence-corrected chi connectivity index (χ4v) is 2.84. The van der Waals surface area contributed by atoms with Gasteiger partial charge in [0.15, 0.2) is 0 Å². The van der Waals surface area contributed by atoms with Gasteiger partial charge in [-0.2, -0.15) is 0 Å². The molecule has 1 aliphatic rings. The van der Waals surface area contributed by atoms with Gasteiger partial charge in [0.1, 0.15) is 5.76 Å². The van der Waals surface area contributed by atoms with Crippen molar-refractivity contribution in [2.75, 3.05) is 4.90 Å². The predicted molar refractivity (Wildman–Crippen MR) is 76.2 cm³/mol. The zero-order valence-corrected chi connectivity index (χ0v) is 11.6. The molecule has 1 aliphatic heterocycles. The Morgan fingerprint density at radius 1 is 1.45 bits per heavy atom. The van der Waals surface area contributed by atoms with Crippen LogP contribution in [0.5, 0.6) is 0 Å². The molecule has 0 fully saturated rings. The predicted octanol–water partition coefficient (Wildman–Crippen LogP) is 3.24. The van der Waals surface area contributed by atoms with Gasteiger partial charge in [0.2, 0.25) is 5.76 Å². The number of benzene rings is 1. The minimum atomic E-state index is -1.02. The van der Waals surface area contributed by atoms with Crippen LogP contribution in [0.25, 0.3) is 0 Å². The van der Waals surface area contributed by atoms with Crippen molar-refractivity contribution in [3.05, 3.63) is 53.0 Å². The molecule has 1 aromatic heterocycles. The second-order valence-corrected chi connectivity index (χ2v) is 5.31. The lowest BCUT2D eigenvalue weighted by atomic mass is 10.1. The van der Waals surface area contributed by atoms with Gasteiger partial charge in [-0.1, -0.05) is 18.2 Å². The Morgan fingerprint density at radius 3 is 2.90 bits per heavy atom. The summed E-state index contributed by atoms with van der Waals surface area (Å²) in [6.45, 7) is 4.68. The summed E-state index contributed by atoms with van der Waals surface area (Å²) in [4.78, 5) is 13.3. The van der Waals surface area contributed by atoms with Crippen molar-refractivity contribution in [1.29, 1.82) is 0 Å². The highest BCUT2D eigenvalue weighted by atomic mass is 16.4. The minimum absolute atomic E-state index is 0.0117. The van der Waals surface area contributed by atoms with E-state index in [4.69, 9.17) is 9.52 Å². The van der Waals surface area contributed by atoms with Crippen LogP contribution >= 0.6 is 0 Å². The van der Waals surface area contributed by atoms with Crippen molar-refractivity contribution >= 4 is 11.7 Å². The van der Waals surface area contributed by atoms with Gasteiger partial charge in [-0.3, -0.25) is 0 Å². The van der Waals surface area contributed by atoms with Crippen LogP contribution in [0, 0.1) is 6.92 Å². The molecule has 1 aromatic carbocycles. The number of hydrogen-bond acceptors (Lipinski definition) is 3. The number of aryl methyl sites for hydroxylation is 1. The van der Waals surface area contributed by atoms with E-state index in [1.165, 1.54) is 11.3 Å². The van der Waals surface area contributed by atoms with Crippen molar-refractivity contribution in [2.45, 2.75) is 32.9 Å². The van der Waals surface area contributed by atoms with Crippen molar-refractivity contribution in [3.8, 4) is 0 Å². The first kappa shape index (κ1) is 12.8. The molecule has 104 valence electrons. The third kappa shape index (κ3) is 2.07. The molecule has 0 saturated carbocycles. The number of carbonyl (C=O) groups is 1. The number of aromatic carboxylic acids is 1. The largest absolute Gasteiger partial charge is 0.475 e. The Hall–Kier alpha value is -2.23. The molecule has 0 spiro atoms. The maximum absolute atomic E-state index is 11.0. The summed E-state index contributed by atoms with van der Waals surface area (Å²) in [5.74, 6) is -0.328. The Balaban J connectivity index is 1.90. The molecule has 1 N–H and O–H groups in total. The third-order valence-electron chi connectivity index (χ3n) is 3.92. The smallest absolute Gasteiger partial charge is 0.371 e. The first-order valence-corrected chi connectivity index (χ1v) is 6.73. The maximum atomic E-state index is 11.0. The molecule has 0 bridgehead atoms. The molecule has 1 unspecified atom stereocenters. The molecule has 20 heavy (non-hydrogen) atoms. The van der Waals surface area contributed by atoms with Gasteiger partial charge in [0.05, 0.1) is 0 Å². The molecule has 4 heteroatoms. The van der Waals surface area contributed by atoms with Crippen LogP contribution < -0.4 is 4.90 Å². The first-order valence-electron chi connectivity index (χ1n) is 6.73. The van der Waals surface area contributed by atoms with Crippen molar-refractivity contribution in [1.82, 2.24) is 0 Å². The number of anilines is 1. The molecular weight excluding hydrogens is 254 g/mol. The number of carboxylic acid groups (broad SMARTS) is 1. The van der Waals surface area contributed by atoms with Crippen LogP contribution in [-0.4, -0.2) is 17.1 Å². The van der Waals surface area contributed by atoms with E-state index >= 15 is 0 Å². The molecule has 0 radical (unpaired) electrons. The molecule has 0 amide bonds. The normalized spacial score (nSPS) is 17.3. The Kier molecular flexibility index (Phi) is 3.01. The van der Waals surface area contributed by atoms with Crippen LogP contribution in [0.1, 0.15) is 34.4 Å². The topological polar surface area (TPSA) is 53.7 Å². The summed E-state index contributed by atoms with van der Waals surface area (Å²) >= 11 is 0. The lowest BCUT2D eigenvalue weighted by Crippen LogP contribution is -2.28. The van der Waals surface area contributed by atoms with Gasteiger partial charge in [-0.25, -0.2) is 4.79 Å². The second-order valence-electron chi connectivity index (χ2n) is 5.31. The van der Waals surface area contributed by atoms with E-state index < -0.39 is 5.97 Å². The van der Waals surface area contributed by atoms with Gasteiger partial charge in [-0.15, -0.1) is 0 Å². The summed E-state index contributed by atoms with van der Waals surface area (Å²) in [5.41, 5.74) is 3.52. The van der Waals surface area contributed by atoms with E-state index in [9.17, 15) is 4.79 Å². The molecule has 2 aromatic rings. The zero-order chi connectivity index (χ0) is 14.3. The van der Waals surface area contributed by atoms with Gasteiger partial charge >= 0.3 is 5.97 Å². The minimum Gasteiger partial charge on any atom is -0.475 e. The van der Waals surface area contributed by atoms with Gasteiger partial charge in [0, 0.05) is 23.8 Å². The first-order chi connectivity index (χ1) is 9.56. The quantitative estimate of drug-likeness (QED) is 0.931. The van der Waals surface area contributed by atoms with Crippen molar-refractivity contribution in [3.63, 3.8) is 0 Å². The number of nitrogens with zero attached hydrogens (tertiary/aromatic N) is 1. The monoisotopic (exact) mass is 271 g/mol. The average molecular weight is 271 g/mol. The summed E-state index contributed by atoms with van der Waals surface area (Å²) in [7, 11) is 0. The SMILES string of the molecule is Cc1oc(C(=O)O)cc1CN1c2ccccc2CC1C. The number of rotatable bonds is 3. The lowest BCUT2D eigenvalue weighted by molar-refractivity contribution is 0.0661. The van der Waals surface area contributed by atoms with Crippen LogP contribution in [0.2, 0.25) is 0 Å². The Morgan fingerprint density at radius 2 is 2.20 bits per heavy atom. The zero-order valence-electron chi connectivity index (χ0n) is 11.6. The molecular formula is C16H17NO3. The van der Waals surface area contributed by atoms with Crippen molar-refractivity contribution in [2.24, 2.45) is 0 Å². The number of hydrogen-bond donors (Lipinski definition) is 1. The fourth-order valence-electron chi connectivity index (χ4n) is 2.84. The summed E-state index contributed by atoms with van der Waals surface area (Å²) in [6.07, 6.45) is 1.03. The summed E-state index contributed by atoms with van der Waals surface area (Å²) < 4.78 is 5.28. The van der Waals surface area contributed by atoms with E-state index in [1.807, 2.05) is 13.0 Å². The van der Waals surface area contributed by atoms with E-state index in [1.54, 1.807) is 6.07 Å². The van der Waals surface area contributed by atoms with Gasteiger partial charge in [-0.05, 0) is 38.0 Å². The summed E-state index contributed by atoms with van der Waals surface area (Å²) in [6, 6.07) is 10.4. The highest BCUT2D eigenvalue weighted by Gasteiger charge is 2.26. The number of furan rings is 1. The highest BCUT2D eigenvalue weighted by Crippen LogP contribution is 2.33. The fraction of sp³-hybridized carbons (Fsp3) is 0.312. The highest BCUT2D eigenvalue weighted by molar-refractivity contribution is 5.84. The molecule has 0 aliphatic carbocycles. The van der Waals surface area contributed by atoms with Crippen LogP contribution in [-0.2, 0) is 13.0 Å². The molecule has 0 saturated heterocycles. The third-order valence-corrected chi connectivity index (χ3v) is 3.92. The Labute approximate surface area is 117 Å². The molecule has 3 rings (SSSR count). The Bertz CT molecular complexity index is 659. The van der Waals surface area contributed by atoms with E-state index in [-0.39, 0.29) is 5.76 Å². The summed E-state index contributed by atoms with van der Waals surface area (Å²) in [5, 5.41) is 8.99. The lowest BCUT2D eigenvalue weighted by Gasteiger charge is -2.24. The van der Waals surface area contributed by atoms with Crippen LogP contribution in [0.3, 0.4) is 0 Å². The van der Waals surface area contributed by atoms with Crippen molar-refractivity contribution < 1.29 is 14.3 Å². The number of carboxylic acids is 1. The van der Waals surface area contributed by atoms with Gasteiger partial charge < -0.3 is 14.4 Å². The van der Waals surface area contributed by atoms with E-state index in [0.29, 0.717) is 18.3 Å². The van der Waals surface area contributed by atoms with E-state index in [0.717, 1.165) is 12.0 Å². The second kappa shape index (κ2) is 4.71. The molecule has 1 atom stereocenters. The van der Waals surface area contributed by atoms with Gasteiger partial charge in [0.25, 0.3) is 0 Å². The molecule has 4 nitrogen and oxygen atoms in total. The van der Waals surface area contributed by atoms with Crippen LogP contribution in [0.4, 0.5) is 5.69 Å². The van der Waals surface area contributed by atoms with Crippen LogP contribution in [0.15, 0.2) is 34.7 Å². The average Bonchev–Trinajstić information content (AvgIpc) is 2.92. The number of fused-ring (bicyclic) bond motifs is 1. The molecule has 2 heterocycles. The van der Waals surface area contributed by atoms with E-state index in [2.05, 4.69) is 30.0 Å².